The highest BCUT2D eigenvalue weighted by molar-refractivity contribution is 7.99. The van der Waals surface area contributed by atoms with E-state index < -0.39 is 0 Å². The first kappa shape index (κ1) is 15.3. The molecular weight excluding hydrogens is 282 g/mol. The zero-order valence-electron chi connectivity index (χ0n) is 11.7. The number of benzene rings is 2. The third kappa shape index (κ3) is 5.80. The lowest BCUT2D eigenvalue weighted by Gasteiger charge is -2.07. The van der Waals surface area contributed by atoms with E-state index in [1.807, 2.05) is 42.5 Å². The van der Waals surface area contributed by atoms with Crippen LogP contribution in [0, 0.1) is 11.3 Å². The summed E-state index contributed by atoms with van der Waals surface area (Å²) >= 11 is 1.79. The first-order valence-electron chi connectivity index (χ1n) is 6.77. The number of thioether (sulfide) groups is 1. The molecule has 3 nitrogen and oxygen atoms in total. The molecule has 0 saturated carbocycles. The molecule has 0 aliphatic rings. The monoisotopic (exact) mass is 299 g/mol. The molecule has 21 heavy (non-hydrogen) atoms. The molecule has 0 N–H and O–H groups in total. The van der Waals surface area contributed by atoms with E-state index in [1.165, 1.54) is 0 Å². The zero-order chi connectivity index (χ0) is 14.8. The van der Waals surface area contributed by atoms with Gasteiger partial charge in [0, 0.05) is 11.5 Å². The summed E-state index contributed by atoms with van der Waals surface area (Å²) in [5.41, 5.74) is 0.622. The second-order valence-electron chi connectivity index (χ2n) is 4.26. The van der Waals surface area contributed by atoms with E-state index in [-0.39, 0.29) is 0 Å². The third-order valence-corrected chi connectivity index (χ3v) is 3.61. The van der Waals surface area contributed by atoms with Gasteiger partial charge in [-0.05, 0) is 30.3 Å². The van der Waals surface area contributed by atoms with Crippen molar-refractivity contribution < 1.29 is 9.47 Å². The molecule has 0 bridgehead atoms. The quantitative estimate of drug-likeness (QED) is 0.696. The van der Waals surface area contributed by atoms with Gasteiger partial charge in [-0.2, -0.15) is 17.0 Å². The van der Waals surface area contributed by atoms with Gasteiger partial charge in [-0.3, -0.25) is 0 Å². The Bertz CT molecular complexity index is 581. The van der Waals surface area contributed by atoms with Crippen LogP contribution in [0.3, 0.4) is 0 Å². The molecule has 0 fully saturated rings. The van der Waals surface area contributed by atoms with E-state index >= 15 is 0 Å². The van der Waals surface area contributed by atoms with Gasteiger partial charge in [0.05, 0.1) is 24.8 Å². The van der Waals surface area contributed by atoms with Crippen LogP contribution in [0.15, 0.2) is 54.6 Å². The predicted octanol–water partition coefficient (Wildman–Crippen LogP) is 3.75. The summed E-state index contributed by atoms with van der Waals surface area (Å²) in [4.78, 5) is 0. The zero-order valence-corrected chi connectivity index (χ0v) is 12.5. The Kier molecular flexibility index (Phi) is 6.50. The Hall–Kier alpha value is -2.12. The Morgan fingerprint density at radius 1 is 0.857 bits per heavy atom. The summed E-state index contributed by atoms with van der Waals surface area (Å²) < 4.78 is 11.2. The van der Waals surface area contributed by atoms with E-state index in [2.05, 4.69) is 6.07 Å². The van der Waals surface area contributed by atoms with E-state index in [9.17, 15) is 0 Å². The maximum Gasteiger partial charge on any atom is 0.120 e. The van der Waals surface area contributed by atoms with Crippen molar-refractivity contribution in [2.24, 2.45) is 0 Å². The number of nitriles is 1. The van der Waals surface area contributed by atoms with Gasteiger partial charge in [0.25, 0.3) is 0 Å². The molecule has 0 unspecified atom stereocenters. The predicted molar refractivity (Wildman–Crippen MR) is 85.9 cm³/mol. The van der Waals surface area contributed by atoms with Crippen molar-refractivity contribution in [2.45, 2.75) is 0 Å². The van der Waals surface area contributed by atoms with Gasteiger partial charge in [0.2, 0.25) is 0 Å². The molecule has 0 amide bonds. The topological polar surface area (TPSA) is 42.2 Å². The van der Waals surface area contributed by atoms with Crippen molar-refractivity contribution in [1.29, 1.82) is 5.26 Å². The number of nitrogens with zero attached hydrogens (tertiary/aromatic N) is 1. The number of ether oxygens (including phenoxy) is 2. The molecule has 2 aromatic carbocycles. The molecule has 0 spiro atoms. The second-order valence-corrected chi connectivity index (χ2v) is 5.49. The summed E-state index contributed by atoms with van der Waals surface area (Å²) in [6, 6.07) is 19.1. The fraction of sp³-hybridized carbons (Fsp3) is 0.235. The number of rotatable bonds is 8. The van der Waals surface area contributed by atoms with Crippen LogP contribution in [-0.2, 0) is 0 Å². The highest BCUT2D eigenvalue weighted by atomic mass is 32.2. The van der Waals surface area contributed by atoms with Crippen LogP contribution in [0.1, 0.15) is 5.56 Å². The molecule has 0 heterocycles. The van der Waals surface area contributed by atoms with Crippen LogP contribution >= 0.6 is 11.8 Å². The van der Waals surface area contributed by atoms with E-state index in [4.69, 9.17) is 14.7 Å². The van der Waals surface area contributed by atoms with Gasteiger partial charge in [-0.25, -0.2) is 0 Å². The number of hydrogen-bond donors (Lipinski definition) is 0. The van der Waals surface area contributed by atoms with Crippen LogP contribution in [0.5, 0.6) is 11.5 Å². The van der Waals surface area contributed by atoms with Gasteiger partial charge in [0.1, 0.15) is 11.5 Å². The molecule has 0 aliphatic heterocycles. The standard InChI is InChI=1S/C17H17NO2S/c18-14-15-5-4-8-17(13-15)20-10-12-21-11-9-19-16-6-2-1-3-7-16/h1-8,13H,9-12H2. The number of para-hydroxylation sites is 1. The molecule has 0 atom stereocenters. The average molecular weight is 299 g/mol. The fourth-order valence-corrected chi connectivity index (χ4v) is 2.32. The minimum atomic E-state index is 0.622. The normalized spacial score (nSPS) is 9.86. The van der Waals surface area contributed by atoms with Crippen molar-refractivity contribution in [2.75, 3.05) is 24.7 Å². The molecule has 0 radical (unpaired) electrons. The largest absolute Gasteiger partial charge is 0.493 e. The summed E-state index contributed by atoms with van der Waals surface area (Å²) in [5.74, 6) is 3.48. The molecule has 2 aromatic rings. The van der Waals surface area contributed by atoms with Gasteiger partial charge in [-0.1, -0.05) is 24.3 Å². The lowest BCUT2D eigenvalue weighted by atomic mass is 10.2. The Balaban J connectivity index is 1.55. The Labute approximate surface area is 129 Å². The summed E-state index contributed by atoms with van der Waals surface area (Å²) in [6.07, 6.45) is 0. The SMILES string of the molecule is N#Cc1cccc(OCCSCCOc2ccccc2)c1. The minimum absolute atomic E-state index is 0.622. The lowest BCUT2D eigenvalue weighted by Crippen LogP contribution is -2.04. The van der Waals surface area contributed by atoms with Crippen LogP contribution in [0.4, 0.5) is 0 Å². The van der Waals surface area contributed by atoms with Crippen molar-refractivity contribution >= 4 is 11.8 Å². The van der Waals surface area contributed by atoms with E-state index in [0.29, 0.717) is 18.8 Å². The fourth-order valence-electron chi connectivity index (χ4n) is 1.71. The van der Waals surface area contributed by atoms with E-state index in [1.54, 1.807) is 23.9 Å². The second kappa shape index (κ2) is 8.93. The van der Waals surface area contributed by atoms with Crippen molar-refractivity contribution in [3.8, 4) is 17.6 Å². The highest BCUT2D eigenvalue weighted by Gasteiger charge is 1.97. The lowest BCUT2D eigenvalue weighted by molar-refractivity contribution is 0.339. The van der Waals surface area contributed by atoms with Crippen LogP contribution in [0.25, 0.3) is 0 Å². The van der Waals surface area contributed by atoms with Crippen LogP contribution in [0.2, 0.25) is 0 Å². The van der Waals surface area contributed by atoms with Crippen LogP contribution < -0.4 is 9.47 Å². The van der Waals surface area contributed by atoms with E-state index in [0.717, 1.165) is 23.0 Å². The van der Waals surface area contributed by atoms with Gasteiger partial charge >= 0.3 is 0 Å². The summed E-state index contributed by atoms with van der Waals surface area (Å²) in [6.45, 7) is 1.32. The van der Waals surface area contributed by atoms with Crippen molar-refractivity contribution in [3.63, 3.8) is 0 Å². The first-order chi connectivity index (χ1) is 10.4. The average Bonchev–Trinajstić information content (AvgIpc) is 2.55. The number of hydrogen-bond acceptors (Lipinski definition) is 4. The maximum absolute atomic E-state index is 8.80. The van der Waals surface area contributed by atoms with Crippen molar-refractivity contribution in [1.82, 2.24) is 0 Å². The Morgan fingerprint density at radius 3 is 2.24 bits per heavy atom. The molecular formula is C17H17NO2S. The van der Waals surface area contributed by atoms with Gasteiger partial charge < -0.3 is 9.47 Å². The summed E-state index contributed by atoms with van der Waals surface area (Å²) in [7, 11) is 0. The molecule has 0 saturated heterocycles. The Morgan fingerprint density at radius 2 is 1.52 bits per heavy atom. The smallest absolute Gasteiger partial charge is 0.120 e. The molecule has 2 rings (SSSR count). The van der Waals surface area contributed by atoms with Gasteiger partial charge in [-0.15, -0.1) is 0 Å². The van der Waals surface area contributed by atoms with Crippen molar-refractivity contribution in [3.05, 3.63) is 60.2 Å². The third-order valence-electron chi connectivity index (χ3n) is 2.70. The molecule has 0 aliphatic carbocycles. The molecule has 4 heteroatoms. The first-order valence-corrected chi connectivity index (χ1v) is 7.92. The van der Waals surface area contributed by atoms with Gasteiger partial charge in [0.15, 0.2) is 0 Å². The summed E-state index contributed by atoms with van der Waals surface area (Å²) in [5, 5.41) is 8.80. The maximum atomic E-state index is 8.80. The molecule has 108 valence electrons. The molecule has 0 aromatic heterocycles. The highest BCUT2D eigenvalue weighted by Crippen LogP contribution is 2.13. The minimum Gasteiger partial charge on any atom is -0.493 e. The van der Waals surface area contributed by atoms with Crippen LogP contribution in [-0.4, -0.2) is 24.7 Å².